The van der Waals surface area contributed by atoms with Gasteiger partial charge < -0.3 is 0 Å². The molecular formula is CH35BP30. The molecule has 0 aliphatic heterocycles. The molecule has 0 aromatic heterocycles. The van der Waals surface area contributed by atoms with Crippen LogP contribution in [0.2, 0.25) is 0 Å². The summed E-state index contributed by atoms with van der Waals surface area (Å²) in [6.07, 6.45) is 0.800. The highest BCUT2D eigenvalue weighted by molar-refractivity contribution is 9.10. The average molecular weight is 987 g/mol. The second-order valence-electron chi connectivity index (χ2n) is 5.51. The predicted octanol–water partition coefficient (Wildman–Crippen LogP) is 15.9. The molecule has 0 rings (SSSR count). The van der Waals surface area contributed by atoms with Crippen LogP contribution >= 0.6 is 245 Å². The largest absolute Gasteiger partial charge is 0.242 e. The SMILES string of the molecule is PPP(B(P(P)P)C(P(P(P)P)P(P)P)(P(P(P)P)P(P)P)P(P(P)P)P(P)P)P(P)P. The molecular weight excluding hydrogens is 952 g/mol. The van der Waals surface area contributed by atoms with Crippen LogP contribution in [-0.2, 0) is 0 Å². The Morgan fingerprint density at radius 3 is 0.812 bits per heavy atom. The molecule has 19 unspecified atom stereocenters. The minimum absolute atomic E-state index is 0.0859. The molecule has 0 N–H and O–H groups in total. The van der Waals surface area contributed by atoms with Gasteiger partial charge in [-0.25, -0.2) is 0 Å². The molecule has 0 saturated carbocycles. The maximum atomic E-state index is 3.35. The van der Waals surface area contributed by atoms with E-state index in [-0.39, 0.29) is 85.2 Å². The first-order valence-electron chi connectivity index (χ1n) is 7.52. The normalized spacial score (nSPS) is 15.4. The lowest BCUT2D eigenvalue weighted by atomic mass is 10.1. The van der Waals surface area contributed by atoms with Crippen LogP contribution in [0.5, 0.6) is 0 Å². The Morgan fingerprint density at radius 1 is 0.438 bits per heavy atom. The zero-order chi connectivity index (χ0) is 25.7. The first-order valence-corrected chi connectivity index (χ1v) is 58.2. The average Bonchev–Trinajstić information content (AvgIpc) is 2.56. The molecule has 0 aromatic rings. The van der Waals surface area contributed by atoms with Gasteiger partial charge in [-0.2, -0.15) is 0 Å². The molecule has 0 bridgehead atoms. The fraction of sp³-hybridized carbons (Fsp3) is 1.00. The number of hydrogen-bond donors (Lipinski definition) is 0. The topological polar surface area (TPSA) is 0 Å². The lowest BCUT2D eigenvalue weighted by Crippen LogP contribution is -2.32. The van der Waals surface area contributed by atoms with Gasteiger partial charge in [-0.3, -0.25) is 0 Å². The van der Waals surface area contributed by atoms with E-state index in [2.05, 4.69) is 152 Å². The molecule has 0 nitrogen and oxygen atoms in total. The van der Waals surface area contributed by atoms with Gasteiger partial charge in [-0.05, 0) is 70.8 Å². The molecule has 19 atom stereocenters. The Balaban J connectivity index is 7.97. The van der Waals surface area contributed by atoms with E-state index >= 15 is 0 Å². The zero-order valence-electron chi connectivity index (χ0n) is 16.8. The second-order valence-corrected chi connectivity index (χ2v) is 105. The summed E-state index contributed by atoms with van der Waals surface area (Å²) in [6, 6.07) is 0. The van der Waals surface area contributed by atoms with Crippen molar-refractivity contribution in [3.63, 3.8) is 0 Å². The smallest absolute Gasteiger partial charge is 0.116 e. The summed E-state index contributed by atoms with van der Waals surface area (Å²) in [6.45, 7) is -1.22. The van der Waals surface area contributed by atoms with E-state index in [1.807, 2.05) is 0 Å². The van der Waals surface area contributed by atoms with Crippen LogP contribution < -0.4 is 0 Å². The van der Waals surface area contributed by atoms with Gasteiger partial charge in [0.15, 0.2) is 0 Å². The molecule has 0 aromatic carbocycles. The van der Waals surface area contributed by atoms with E-state index in [1.54, 1.807) is 0 Å². The van der Waals surface area contributed by atoms with Crippen LogP contribution in [0.15, 0.2) is 0 Å². The van der Waals surface area contributed by atoms with Crippen molar-refractivity contribution in [1.29, 1.82) is 0 Å². The first-order chi connectivity index (χ1) is 14.5. The molecule has 32 heavy (non-hydrogen) atoms. The lowest BCUT2D eigenvalue weighted by Gasteiger charge is -2.62. The lowest BCUT2D eigenvalue weighted by molar-refractivity contribution is 1.81. The highest BCUT2D eigenvalue weighted by Crippen LogP contribution is 3.23. The van der Waals surface area contributed by atoms with E-state index in [1.165, 1.54) is 0 Å². The summed E-state index contributed by atoms with van der Waals surface area (Å²) < 4.78 is 0.442. The van der Waals surface area contributed by atoms with Gasteiger partial charge in [0.1, 0.15) is 0 Å². The molecule has 0 saturated heterocycles. The van der Waals surface area contributed by atoms with Crippen molar-refractivity contribution >= 4 is 251 Å². The van der Waals surface area contributed by atoms with Crippen LogP contribution in [0.25, 0.3) is 0 Å². The van der Waals surface area contributed by atoms with Crippen molar-refractivity contribution in [2.45, 2.75) is 4.54 Å². The van der Waals surface area contributed by atoms with E-state index in [9.17, 15) is 0 Å². The van der Waals surface area contributed by atoms with Crippen LogP contribution in [0.1, 0.15) is 0 Å². The van der Waals surface area contributed by atoms with Gasteiger partial charge >= 0.3 is 0 Å². The highest BCUT2D eigenvalue weighted by Gasteiger charge is 2.65. The zero-order valence-corrected chi connectivity index (χ0v) is 48.1. The molecule has 0 amide bonds. The molecule has 0 aliphatic rings. The standard InChI is InChI=1S/CH35BP30/c3-20-25(32(18)19)2(24(4)5)1(21(26(6)7)27(8)9,22(28(10)11)29(12)13)23(30(14)15)31(16)17/h20H,3-19H2. The van der Waals surface area contributed by atoms with E-state index < -0.39 is 0 Å². The van der Waals surface area contributed by atoms with Crippen molar-refractivity contribution in [3.8, 4) is 0 Å². The Bertz CT molecular complexity index is 429. The summed E-state index contributed by atoms with van der Waals surface area (Å²) in [5, 5.41) is 0. The number of rotatable bonds is 14. The monoisotopic (exact) mass is 987 g/mol. The Labute approximate surface area is 252 Å². The van der Waals surface area contributed by atoms with Crippen LogP contribution in [0, 0.1) is 0 Å². The molecule has 192 valence electrons. The van der Waals surface area contributed by atoms with E-state index in [0.717, 1.165) is 14.1 Å². The molecule has 0 fully saturated rings. The van der Waals surface area contributed by atoms with Crippen molar-refractivity contribution < 1.29 is 0 Å². The van der Waals surface area contributed by atoms with Crippen molar-refractivity contribution in [1.82, 2.24) is 0 Å². The number of hydrogen-bond acceptors (Lipinski definition) is 0. The minimum Gasteiger partial charge on any atom is -0.116 e. The quantitative estimate of drug-likeness (QED) is 0.120. The van der Waals surface area contributed by atoms with Gasteiger partial charge in [-0.15, -0.1) is 152 Å². The summed E-state index contributed by atoms with van der Waals surface area (Å²) in [7, 11) is 56.5. The highest BCUT2D eigenvalue weighted by atomic mass is 33.0. The summed E-state index contributed by atoms with van der Waals surface area (Å²) in [4.78, 5) is 0. The van der Waals surface area contributed by atoms with Crippen LogP contribution in [0.4, 0.5) is 0 Å². The van der Waals surface area contributed by atoms with Crippen LogP contribution in [0.3, 0.4) is 0 Å². The Morgan fingerprint density at radius 2 is 0.688 bits per heavy atom. The van der Waals surface area contributed by atoms with Crippen molar-refractivity contribution in [2.75, 3.05) is 0 Å². The van der Waals surface area contributed by atoms with Crippen molar-refractivity contribution in [2.24, 2.45) is 0 Å². The fourth-order valence-electron chi connectivity index (χ4n) is 2.68. The van der Waals surface area contributed by atoms with Gasteiger partial charge in [0.25, 0.3) is 0 Å². The molecule has 0 radical (unpaired) electrons. The Hall–Kier alpha value is 13.0. The summed E-state index contributed by atoms with van der Waals surface area (Å²) in [5.41, 5.74) is 0. The van der Waals surface area contributed by atoms with Gasteiger partial charge in [0.2, 0.25) is 6.15 Å². The maximum absolute atomic E-state index is 3.35. The van der Waals surface area contributed by atoms with Gasteiger partial charge in [0, 0.05) is 4.54 Å². The third kappa shape index (κ3) is 13.5. The first kappa shape index (κ1) is 45.0. The molecule has 0 heterocycles. The van der Waals surface area contributed by atoms with Crippen LogP contribution in [-0.4, -0.2) is 10.7 Å². The summed E-state index contributed by atoms with van der Waals surface area (Å²) >= 11 is 0. The third-order valence-electron chi connectivity index (χ3n) is 3.44. The minimum atomic E-state index is -0.230. The maximum Gasteiger partial charge on any atom is 0.242 e. The van der Waals surface area contributed by atoms with E-state index in [0.29, 0.717) is 4.54 Å². The molecule has 0 spiro atoms. The molecule has 0 aliphatic carbocycles. The van der Waals surface area contributed by atoms with Gasteiger partial charge in [0.05, 0.1) is 0 Å². The second kappa shape index (κ2) is 23.3. The fourth-order valence-corrected chi connectivity index (χ4v) is 222. The summed E-state index contributed by atoms with van der Waals surface area (Å²) in [5.74, 6) is 0. The third-order valence-corrected chi connectivity index (χ3v) is 118. The van der Waals surface area contributed by atoms with Gasteiger partial charge in [-0.1, -0.05) is 22.3 Å². The molecule has 31 heteroatoms. The Kier molecular flexibility index (Phi) is 32.8. The van der Waals surface area contributed by atoms with E-state index in [4.69, 9.17) is 0 Å². The van der Waals surface area contributed by atoms with Crippen molar-refractivity contribution in [3.05, 3.63) is 0 Å². The predicted molar refractivity (Wildman–Crippen MR) is 265 cm³/mol.